The second-order valence-corrected chi connectivity index (χ2v) is 7.84. The highest BCUT2D eigenvalue weighted by Gasteiger charge is 2.35. The number of hydrogen-bond acceptors (Lipinski definition) is 4. The van der Waals surface area contributed by atoms with Crippen molar-refractivity contribution in [2.24, 2.45) is 5.92 Å². The minimum absolute atomic E-state index is 0.00530. The van der Waals surface area contributed by atoms with Crippen LogP contribution in [-0.2, 0) is 19.6 Å². The predicted octanol–water partition coefficient (Wildman–Crippen LogP) is 1.16. The number of likely N-dealkylation sites (N-methyl/N-ethyl adjacent to an activating group) is 1. The molecule has 0 aromatic heterocycles. The van der Waals surface area contributed by atoms with E-state index in [1.54, 1.807) is 6.92 Å². The molecule has 1 unspecified atom stereocenters. The zero-order chi connectivity index (χ0) is 18.6. The fourth-order valence-corrected chi connectivity index (χ4v) is 4.41. The zero-order valence-corrected chi connectivity index (χ0v) is 14.7. The number of piperidine rings is 1. The van der Waals surface area contributed by atoms with Gasteiger partial charge in [-0.3, -0.25) is 9.59 Å². The van der Waals surface area contributed by atoms with Crippen LogP contribution in [-0.4, -0.2) is 60.8 Å². The van der Waals surface area contributed by atoms with Gasteiger partial charge in [0.2, 0.25) is 15.9 Å². The molecule has 0 radical (unpaired) electrons. The third-order valence-corrected chi connectivity index (χ3v) is 6.08. The Bertz CT molecular complexity index is 735. The lowest BCUT2D eigenvalue weighted by Crippen LogP contribution is -2.47. The van der Waals surface area contributed by atoms with Crippen molar-refractivity contribution in [1.82, 2.24) is 9.21 Å². The predicted molar refractivity (Wildman–Crippen MR) is 87.8 cm³/mol. The summed E-state index contributed by atoms with van der Waals surface area (Å²) < 4.78 is 39.6. The second kappa shape index (κ2) is 7.92. The molecule has 1 N–H and O–H groups in total. The summed E-state index contributed by atoms with van der Waals surface area (Å²) in [7, 11) is -3.82. The Morgan fingerprint density at radius 3 is 2.52 bits per heavy atom. The Balaban J connectivity index is 2.15. The van der Waals surface area contributed by atoms with Crippen molar-refractivity contribution in [3.05, 3.63) is 30.1 Å². The van der Waals surface area contributed by atoms with E-state index < -0.39 is 34.3 Å². The first-order valence-electron chi connectivity index (χ1n) is 8.02. The van der Waals surface area contributed by atoms with Crippen LogP contribution in [0.4, 0.5) is 4.39 Å². The number of amides is 1. The Labute approximate surface area is 146 Å². The molecule has 0 aliphatic carbocycles. The van der Waals surface area contributed by atoms with Crippen LogP contribution in [0.25, 0.3) is 0 Å². The molecule has 1 heterocycles. The molecule has 0 saturated carbocycles. The number of carboxylic acid groups (broad SMARTS) is 1. The van der Waals surface area contributed by atoms with Crippen molar-refractivity contribution >= 4 is 21.9 Å². The van der Waals surface area contributed by atoms with Crippen LogP contribution in [0.2, 0.25) is 0 Å². The largest absolute Gasteiger partial charge is 0.480 e. The van der Waals surface area contributed by atoms with Crippen LogP contribution < -0.4 is 0 Å². The van der Waals surface area contributed by atoms with E-state index in [4.69, 9.17) is 5.11 Å². The van der Waals surface area contributed by atoms with Crippen molar-refractivity contribution in [3.63, 3.8) is 0 Å². The van der Waals surface area contributed by atoms with Gasteiger partial charge in [-0.25, -0.2) is 12.8 Å². The van der Waals surface area contributed by atoms with Crippen LogP contribution in [0, 0.1) is 11.7 Å². The van der Waals surface area contributed by atoms with Gasteiger partial charge in [-0.05, 0) is 44.0 Å². The van der Waals surface area contributed by atoms with E-state index >= 15 is 0 Å². The normalized spacial score (nSPS) is 18.7. The van der Waals surface area contributed by atoms with Crippen molar-refractivity contribution in [1.29, 1.82) is 0 Å². The first-order chi connectivity index (χ1) is 11.8. The summed E-state index contributed by atoms with van der Waals surface area (Å²) in [5.74, 6) is -2.58. The van der Waals surface area contributed by atoms with Crippen LogP contribution in [0.1, 0.15) is 19.8 Å². The maximum Gasteiger partial charge on any atom is 0.323 e. The number of carbonyl (C=O) groups is 2. The second-order valence-electron chi connectivity index (χ2n) is 5.90. The monoisotopic (exact) mass is 372 g/mol. The number of hydrogen-bond donors (Lipinski definition) is 1. The molecule has 25 heavy (non-hydrogen) atoms. The highest BCUT2D eigenvalue weighted by Crippen LogP contribution is 2.25. The number of rotatable bonds is 6. The fraction of sp³-hybridized carbons (Fsp3) is 0.500. The number of nitrogens with zero attached hydrogens (tertiary/aromatic N) is 2. The standard InChI is InChI=1S/C16H21FN2O5S/c1-2-18(11-15(20)21)16(22)12-4-3-9-19(10-12)25(23,24)14-7-5-13(17)6-8-14/h5-8,12H,2-4,9-11H2,1H3,(H,20,21). The summed E-state index contributed by atoms with van der Waals surface area (Å²) in [6, 6.07) is 4.54. The van der Waals surface area contributed by atoms with Gasteiger partial charge in [0, 0.05) is 19.6 Å². The van der Waals surface area contributed by atoms with Crippen LogP contribution >= 0.6 is 0 Å². The number of benzene rings is 1. The molecular formula is C16H21FN2O5S. The molecule has 1 aromatic carbocycles. The average Bonchev–Trinajstić information content (AvgIpc) is 2.59. The van der Waals surface area contributed by atoms with E-state index in [1.165, 1.54) is 21.3 Å². The van der Waals surface area contributed by atoms with Crippen molar-refractivity contribution in [3.8, 4) is 0 Å². The molecule has 1 amide bonds. The van der Waals surface area contributed by atoms with Crippen LogP contribution in [0.5, 0.6) is 0 Å². The zero-order valence-electron chi connectivity index (χ0n) is 13.9. The van der Waals surface area contributed by atoms with Gasteiger partial charge >= 0.3 is 5.97 Å². The summed E-state index contributed by atoms with van der Waals surface area (Å²) >= 11 is 0. The third-order valence-electron chi connectivity index (χ3n) is 4.20. The first kappa shape index (κ1) is 19.3. The van der Waals surface area contributed by atoms with E-state index in [1.807, 2.05) is 0 Å². The molecular weight excluding hydrogens is 351 g/mol. The summed E-state index contributed by atoms with van der Waals surface area (Å²) in [5, 5.41) is 8.88. The summed E-state index contributed by atoms with van der Waals surface area (Å²) in [6.07, 6.45) is 1.01. The van der Waals surface area contributed by atoms with Gasteiger partial charge in [-0.15, -0.1) is 0 Å². The highest BCUT2D eigenvalue weighted by molar-refractivity contribution is 7.89. The average molecular weight is 372 g/mol. The Kier molecular flexibility index (Phi) is 6.12. The quantitative estimate of drug-likeness (QED) is 0.809. The Morgan fingerprint density at radius 2 is 1.96 bits per heavy atom. The minimum atomic E-state index is -3.82. The van der Waals surface area contributed by atoms with Crippen molar-refractivity contribution in [2.75, 3.05) is 26.2 Å². The van der Waals surface area contributed by atoms with Gasteiger partial charge in [0.15, 0.2) is 0 Å². The lowest BCUT2D eigenvalue weighted by Gasteiger charge is -2.33. The number of halogens is 1. The number of carbonyl (C=O) groups excluding carboxylic acids is 1. The van der Waals surface area contributed by atoms with Crippen molar-refractivity contribution < 1.29 is 27.5 Å². The van der Waals surface area contributed by atoms with Gasteiger partial charge in [-0.2, -0.15) is 4.31 Å². The molecule has 1 aliphatic rings. The molecule has 138 valence electrons. The lowest BCUT2D eigenvalue weighted by molar-refractivity contribution is -0.146. The maximum absolute atomic E-state index is 13.0. The fourth-order valence-electron chi connectivity index (χ4n) is 2.88. The molecule has 1 atom stereocenters. The molecule has 7 nitrogen and oxygen atoms in total. The molecule has 2 rings (SSSR count). The number of sulfonamides is 1. The van der Waals surface area contributed by atoms with E-state index in [0.29, 0.717) is 12.8 Å². The highest BCUT2D eigenvalue weighted by atomic mass is 32.2. The van der Waals surface area contributed by atoms with Crippen LogP contribution in [0.3, 0.4) is 0 Å². The van der Waals surface area contributed by atoms with Gasteiger partial charge in [0.1, 0.15) is 12.4 Å². The summed E-state index contributed by atoms with van der Waals surface area (Å²) in [5.41, 5.74) is 0. The molecule has 9 heteroatoms. The molecule has 1 saturated heterocycles. The molecule has 1 aromatic rings. The number of aliphatic carboxylic acids is 1. The Morgan fingerprint density at radius 1 is 1.32 bits per heavy atom. The van der Waals surface area contributed by atoms with Gasteiger partial charge < -0.3 is 10.0 Å². The summed E-state index contributed by atoms with van der Waals surface area (Å²) in [4.78, 5) is 24.6. The first-order valence-corrected chi connectivity index (χ1v) is 9.46. The van der Waals surface area contributed by atoms with E-state index in [2.05, 4.69) is 0 Å². The molecule has 0 bridgehead atoms. The minimum Gasteiger partial charge on any atom is -0.480 e. The Hall–Kier alpha value is -2.00. The smallest absolute Gasteiger partial charge is 0.323 e. The van der Waals surface area contributed by atoms with E-state index in [0.717, 1.165) is 12.1 Å². The molecule has 0 spiro atoms. The van der Waals surface area contributed by atoms with Crippen molar-refractivity contribution in [2.45, 2.75) is 24.7 Å². The van der Waals surface area contributed by atoms with Gasteiger partial charge in [0.25, 0.3) is 0 Å². The lowest BCUT2D eigenvalue weighted by atomic mass is 9.98. The van der Waals surface area contributed by atoms with Gasteiger partial charge in [-0.1, -0.05) is 0 Å². The van der Waals surface area contributed by atoms with Gasteiger partial charge in [0.05, 0.1) is 10.8 Å². The maximum atomic E-state index is 13.0. The molecule has 1 fully saturated rings. The summed E-state index contributed by atoms with van der Waals surface area (Å²) in [6.45, 7) is 1.78. The van der Waals surface area contributed by atoms with E-state index in [-0.39, 0.29) is 30.4 Å². The SMILES string of the molecule is CCN(CC(=O)O)C(=O)C1CCCN(S(=O)(=O)c2ccc(F)cc2)C1. The number of carboxylic acids is 1. The molecule has 1 aliphatic heterocycles. The van der Waals surface area contributed by atoms with E-state index in [9.17, 15) is 22.4 Å². The topological polar surface area (TPSA) is 95.0 Å². The third kappa shape index (κ3) is 4.55. The van der Waals surface area contributed by atoms with Crippen LogP contribution in [0.15, 0.2) is 29.2 Å².